The van der Waals surface area contributed by atoms with Crippen molar-refractivity contribution in [2.75, 3.05) is 11.9 Å². The summed E-state index contributed by atoms with van der Waals surface area (Å²) in [7, 11) is 0. The van der Waals surface area contributed by atoms with Gasteiger partial charge in [0.15, 0.2) is 6.61 Å². The van der Waals surface area contributed by atoms with Gasteiger partial charge < -0.3 is 10.1 Å². The molecule has 0 radical (unpaired) electrons. The van der Waals surface area contributed by atoms with Gasteiger partial charge in [-0.25, -0.2) is 4.79 Å². The number of rotatable bonds is 5. The van der Waals surface area contributed by atoms with Crippen molar-refractivity contribution in [1.29, 1.82) is 0 Å². The Hall–Kier alpha value is -3.43. The van der Waals surface area contributed by atoms with E-state index in [0.29, 0.717) is 6.07 Å². The van der Waals surface area contributed by atoms with Crippen molar-refractivity contribution in [3.63, 3.8) is 0 Å². The van der Waals surface area contributed by atoms with E-state index in [-0.39, 0.29) is 16.9 Å². The van der Waals surface area contributed by atoms with Crippen molar-refractivity contribution >= 4 is 23.3 Å². The summed E-state index contributed by atoms with van der Waals surface area (Å²) < 4.78 is 42.5. The first-order chi connectivity index (χ1) is 12.2. The van der Waals surface area contributed by atoms with E-state index in [2.05, 4.69) is 10.1 Å². The number of benzene rings is 2. The summed E-state index contributed by atoms with van der Waals surface area (Å²) >= 11 is 0. The van der Waals surface area contributed by atoms with Gasteiger partial charge in [-0.1, -0.05) is 18.2 Å². The maximum absolute atomic E-state index is 12.6. The minimum Gasteiger partial charge on any atom is -0.452 e. The number of halogens is 3. The minimum absolute atomic E-state index is 0.0994. The molecular formula is C16H11F3N2O5. The molecule has 26 heavy (non-hydrogen) atoms. The normalized spacial score (nSPS) is 10.9. The molecule has 2 aromatic carbocycles. The number of para-hydroxylation sites is 2. The van der Waals surface area contributed by atoms with Gasteiger partial charge in [-0.3, -0.25) is 14.9 Å². The van der Waals surface area contributed by atoms with Gasteiger partial charge in [0.2, 0.25) is 0 Å². The number of nitrogens with zero attached hydrogens (tertiary/aromatic N) is 1. The standard InChI is InChI=1S/C16H11F3N2O5/c17-16(18,19)11-5-3-4-10(8-11)15(23)26-9-14(22)20-12-6-1-2-7-13(12)21(24)25/h1-8H,9H2,(H,20,22). The molecule has 2 rings (SSSR count). The molecule has 0 spiro atoms. The van der Waals surface area contributed by atoms with E-state index < -0.39 is 35.1 Å². The molecule has 0 bridgehead atoms. The number of nitro benzene ring substituents is 1. The first kappa shape index (κ1) is 18.9. The third-order valence-electron chi connectivity index (χ3n) is 3.13. The quantitative estimate of drug-likeness (QED) is 0.495. The predicted molar refractivity (Wildman–Crippen MR) is 83.5 cm³/mol. The van der Waals surface area contributed by atoms with Crippen molar-refractivity contribution in [2.45, 2.75) is 6.18 Å². The molecule has 136 valence electrons. The summed E-state index contributed by atoms with van der Waals surface area (Å²) in [5.41, 5.74) is -1.86. The Balaban J connectivity index is 2.00. The van der Waals surface area contributed by atoms with Gasteiger partial charge in [0, 0.05) is 6.07 Å². The largest absolute Gasteiger partial charge is 0.452 e. The highest BCUT2D eigenvalue weighted by Crippen LogP contribution is 2.29. The van der Waals surface area contributed by atoms with Gasteiger partial charge in [-0.05, 0) is 24.3 Å². The van der Waals surface area contributed by atoms with Gasteiger partial charge in [-0.2, -0.15) is 13.2 Å². The Morgan fingerprint density at radius 3 is 2.46 bits per heavy atom. The molecular weight excluding hydrogens is 357 g/mol. The van der Waals surface area contributed by atoms with Gasteiger partial charge in [-0.15, -0.1) is 0 Å². The lowest BCUT2D eigenvalue weighted by Gasteiger charge is -2.09. The second kappa shape index (κ2) is 7.64. The SMILES string of the molecule is O=C(COC(=O)c1cccc(C(F)(F)F)c1)Nc1ccccc1[N+](=O)[O-]. The predicted octanol–water partition coefficient (Wildman–Crippen LogP) is 3.41. The van der Waals surface area contributed by atoms with E-state index in [4.69, 9.17) is 0 Å². The molecule has 0 saturated carbocycles. The van der Waals surface area contributed by atoms with Crippen LogP contribution in [0.15, 0.2) is 48.5 Å². The van der Waals surface area contributed by atoms with E-state index in [0.717, 1.165) is 18.2 Å². The fourth-order valence-corrected chi connectivity index (χ4v) is 1.96. The van der Waals surface area contributed by atoms with E-state index >= 15 is 0 Å². The zero-order chi connectivity index (χ0) is 19.3. The van der Waals surface area contributed by atoms with E-state index in [1.807, 2.05) is 0 Å². The number of nitrogens with one attached hydrogen (secondary N) is 1. The summed E-state index contributed by atoms with van der Waals surface area (Å²) in [6.45, 7) is -0.818. The zero-order valence-electron chi connectivity index (χ0n) is 12.9. The van der Waals surface area contributed by atoms with Crippen LogP contribution in [0.3, 0.4) is 0 Å². The minimum atomic E-state index is -4.63. The van der Waals surface area contributed by atoms with Gasteiger partial charge in [0.1, 0.15) is 5.69 Å². The first-order valence-corrected chi connectivity index (χ1v) is 7.06. The van der Waals surface area contributed by atoms with E-state index in [1.165, 1.54) is 24.3 Å². The van der Waals surface area contributed by atoms with E-state index in [9.17, 15) is 32.9 Å². The molecule has 2 aromatic rings. The van der Waals surface area contributed by atoms with Crippen LogP contribution >= 0.6 is 0 Å². The van der Waals surface area contributed by atoms with Crippen molar-refractivity contribution in [3.05, 3.63) is 69.8 Å². The number of ether oxygens (including phenoxy) is 1. The molecule has 1 N–H and O–H groups in total. The van der Waals surface area contributed by atoms with Crippen LogP contribution in [0.25, 0.3) is 0 Å². The molecule has 0 aliphatic carbocycles. The smallest absolute Gasteiger partial charge is 0.416 e. The number of alkyl halides is 3. The Kier molecular flexibility index (Phi) is 5.55. The van der Waals surface area contributed by atoms with Crippen LogP contribution in [0.1, 0.15) is 15.9 Å². The molecule has 0 aromatic heterocycles. The van der Waals surface area contributed by atoms with Crippen LogP contribution in [0.2, 0.25) is 0 Å². The number of carbonyl (C=O) groups is 2. The van der Waals surface area contributed by atoms with Crippen LogP contribution in [0.5, 0.6) is 0 Å². The second-order valence-electron chi connectivity index (χ2n) is 4.98. The highest BCUT2D eigenvalue weighted by atomic mass is 19.4. The molecule has 0 saturated heterocycles. The Morgan fingerprint density at radius 1 is 1.12 bits per heavy atom. The number of carbonyl (C=O) groups excluding carboxylic acids is 2. The zero-order valence-corrected chi connectivity index (χ0v) is 12.9. The number of amides is 1. The lowest BCUT2D eigenvalue weighted by molar-refractivity contribution is -0.383. The van der Waals surface area contributed by atoms with Crippen LogP contribution < -0.4 is 5.32 Å². The molecule has 0 unspecified atom stereocenters. The average molecular weight is 368 g/mol. The first-order valence-electron chi connectivity index (χ1n) is 7.06. The molecule has 0 aliphatic rings. The maximum atomic E-state index is 12.6. The lowest BCUT2D eigenvalue weighted by Crippen LogP contribution is -2.21. The molecule has 7 nitrogen and oxygen atoms in total. The summed E-state index contributed by atoms with van der Waals surface area (Å²) in [5.74, 6) is -2.01. The third-order valence-corrected chi connectivity index (χ3v) is 3.13. The third kappa shape index (κ3) is 4.79. The molecule has 1 amide bonds. The average Bonchev–Trinajstić information content (AvgIpc) is 2.59. The summed E-state index contributed by atoms with van der Waals surface area (Å²) in [6, 6.07) is 8.85. The number of nitro groups is 1. The van der Waals surface area contributed by atoms with Gasteiger partial charge >= 0.3 is 12.1 Å². The monoisotopic (exact) mass is 368 g/mol. The lowest BCUT2D eigenvalue weighted by atomic mass is 10.1. The second-order valence-corrected chi connectivity index (χ2v) is 4.98. The van der Waals surface area contributed by atoms with Crippen molar-refractivity contribution < 1.29 is 32.4 Å². The number of hydrogen-bond donors (Lipinski definition) is 1. The van der Waals surface area contributed by atoms with Gasteiger partial charge in [0.05, 0.1) is 16.1 Å². The number of anilines is 1. The van der Waals surface area contributed by atoms with E-state index in [1.54, 1.807) is 0 Å². The van der Waals surface area contributed by atoms with Crippen molar-refractivity contribution in [1.82, 2.24) is 0 Å². The Bertz CT molecular complexity index is 852. The summed E-state index contributed by atoms with van der Waals surface area (Å²) in [5, 5.41) is 13.0. The Labute approximate surface area is 144 Å². The summed E-state index contributed by atoms with van der Waals surface area (Å²) in [6.07, 6.45) is -4.63. The Morgan fingerprint density at radius 2 is 1.81 bits per heavy atom. The van der Waals surface area contributed by atoms with Crippen LogP contribution in [0, 0.1) is 10.1 Å². The molecule has 0 heterocycles. The molecule has 0 aliphatic heterocycles. The van der Waals surface area contributed by atoms with Crippen LogP contribution in [0.4, 0.5) is 24.5 Å². The van der Waals surface area contributed by atoms with Gasteiger partial charge in [0.25, 0.3) is 11.6 Å². The van der Waals surface area contributed by atoms with Crippen molar-refractivity contribution in [3.8, 4) is 0 Å². The van der Waals surface area contributed by atoms with Crippen LogP contribution in [-0.4, -0.2) is 23.4 Å². The molecule has 0 atom stereocenters. The number of esters is 1. The van der Waals surface area contributed by atoms with Crippen molar-refractivity contribution in [2.24, 2.45) is 0 Å². The topological polar surface area (TPSA) is 98.5 Å². The van der Waals surface area contributed by atoms with Crippen LogP contribution in [-0.2, 0) is 15.7 Å². The molecule has 10 heteroatoms. The molecule has 0 fully saturated rings. The highest BCUT2D eigenvalue weighted by molar-refractivity contribution is 5.96. The number of hydrogen-bond acceptors (Lipinski definition) is 5. The fraction of sp³-hybridized carbons (Fsp3) is 0.125. The maximum Gasteiger partial charge on any atom is 0.416 e. The highest BCUT2D eigenvalue weighted by Gasteiger charge is 2.31. The summed E-state index contributed by atoms with van der Waals surface area (Å²) in [4.78, 5) is 33.7. The fourth-order valence-electron chi connectivity index (χ4n) is 1.96.